The molecule has 1 saturated heterocycles. The summed E-state index contributed by atoms with van der Waals surface area (Å²) in [5.41, 5.74) is 2.18. The second-order valence-electron chi connectivity index (χ2n) is 6.43. The summed E-state index contributed by atoms with van der Waals surface area (Å²) in [6.45, 7) is 8.04. The lowest BCUT2D eigenvalue weighted by molar-refractivity contribution is -0.120. The van der Waals surface area contributed by atoms with Gasteiger partial charge < -0.3 is 14.7 Å². The molecule has 25 heavy (non-hydrogen) atoms. The molecular formula is C17H20N6O2. The van der Waals surface area contributed by atoms with E-state index < -0.39 is 5.54 Å². The fourth-order valence-electron chi connectivity index (χ4n) is 3.38. The molecule has 0 aromatic carbocycles. The normalized spacial score (nSPS) is 19.7. The molecule has 130 valence electrons. The fraction of sp³-hybridized carbons (Fsp3) is 0.471. The Balaban J connectivity index is 2.01. The highest BCUT2D eigenvalue weighted by Crippen LogP contribution is 2.35. The minimum atomic E-state index is -0.735. The molecule has 1 fully saturated rings. The van der Waals surface area contributed by atoms with Crippen molar-refractivity contribution in [3.05, 3.63) is 34.7 Å². The predicted octanol–water partition coefficient (Wildman–Crippen LogP) is 1.50. The lowest BCUT2D eigenvalue weighted by atomic mass is 9.97. The first kappa shape index (κ1) is 16.9. The van der Waals surface area contributed by atoms with Crippen molar-refractivity contribution in [2.45, 2.75) is 39.7 Å². The number of aryl methyl sites for hydroxylation is 3. The molecule has 8 heteroatoms. The van der Waals surface area contributed by atoms with Gasteiger partial charge in [0.2, 0.25) is 11.8 Å². The molecule has 2 aromatic rings. The van der Waals surface area contributed by atoms with Crippen LogP contribution in [0.2, 0.25) is 0 Å². The van der Waals surface area contributed by atoms with E-state index in [-0.39, 0.29) is 5.91 Å². The molecule has 2 aromatic heterocycles. The summed E-state index contributed by atoms with van der Waals surface area (Å²) in [5.74, 6) is 0.752. The van der Waals surface area contributed by atoms with Crippen molar-refractivity contribution in [3.8, 4) is 6.07 Å². The fourth-order valence-corrected chi connectivity index (χ4v) is 3.38. The van der Waals surface area contributed by atoms with Gasteiger partial charge in [-0.15, -0.1) is 0 Å². The van der Waals surface area contributed by atoms with Crippen LogP contribution in [0.3, 0.4) is 0 Å². The first-order valence-electron chi connectivity index (χ1n) is 8.07. The molecule has 0 radical (unpaired) electrons. The van der Waals surface area contributed by atoms with Gasteiger partial charge in [-0.25, -0.2) is 0 Å². The molecule has 1 amide bonds. The average molecular weight is 340 g/mol. The summed E-state index contributed by atoms with van der Waals surface area (Å²) in [5, 5.41) is 16.5. The number of carbonyl (C=O) groups excluding carboxylic acids is 1. The summed E-state index contributed by atoms with van der Waals surface area (Å²) < 4.78 is 5.11. The van der Waals surface area contributed by atoms with E-state index in [0.717, 1.165) is 11.4 Å². The number of aromatic nitrogens is 3. The highest BCUT2D eigenvalue weighted by Gasteiger charge is 2.45. The highest BCUT2D eigenvalue weighted by atomic mass is 16.5. The van der Waals surface area contributed by atoms with Gasteiger partial charge in [-0.3, -0.25) is 9.78 Å². The Morgan fingerprint density at radius 3 is 2.76 bits per heavy atom. The second-order valence-corrected chi connectivity index (χ2v) is 6.43. The molecule has 0 unspecified atom stereocenters. The third-order valence-electron chi connectivity index (χ3n) is 4.40. The maximum atomic E-state index is 11.8. The van der Waals surface area contributed by atoms with Crippen LogP contribution >= 0.6 is 0 Å². The van der Waals surface area contributed by atoms with Crippen molar-refractivity contribution < 1.29 is 9.32 Å². The van der Waals surface area contributed by atoms with Crippen LogP contribution in [0.4, 0.5) is 5.69 Å². The summed E-state index contributed by atoms with van der Waals surface area (Å²) in [4.78, 5) is 22.5. The van der Waals surface area contributed by atoms with Gasteiger partial charge in [-0.2, -0.15) is 10.2 Å². The Morgan fingerprint density at radius 1 is 1.40 bits per heavy atom. The lowest BCUT2D eigenvalue weighted by Crippen LogP contribution is -2.48. The number of hydrogen-bond acceptors (Lipinski definition) is 7. The van der Waals surface area contributed by atoms with Crippen molar-refractivity contribution in [3.63, 3.8) is 0 Å². The van der Waals surface area contributed by atoms with Crippen molar-refractivity contribution >= 4 is 11.6 Å². The maximum absolute atomic E-state index is 11.8. The van der Waals surface area contributed by atoms with Crippen LogP contribution in [0.1, 0.15) is 42.0 Å². The van der Waals surface area contributed by atoms with E-state index >= 15 is 0 Å². The van der Waals surface area contributed by atoms with E-state index in [1.165, 1.54) is 6.92 Å². The molecule has 3 rings (SSSR count). The van der Waals surface area contributed by atoms with E-state index in [4.69, 9.17) is 4.52 Å². The Kier molecular flexibility index (Phi) is 4.17. The van der Waals surface area contributed by atoms with E-state index in [1.807, 2.05) is 19.9 Å². The molecular weight excluding hydrogens is 320 g/mol. The van der Waals surface area contributed by atoms with Gasteiger partial charge in [0.1, 0.15) is 11.6 Å². The number of nitrogens with zero attached hydrogens (tertiary/aromatic N) is 5. The molecule has 0 bridgehead atoms. The maximum Gasteiger partial charge on any atom is 0.223 e. The van der Waals surface area contributed by atoms with Gasteiger partial charge in [0.05, 0.1) is 16.9 Å². The lowest BCUT2D eigenvalue weighted by Gasteiger charge is -2.28. The minimum absolute atomic E-state index is 0.160. The van der Waals surface area contributed by atoms with Crippen molar-refractivity contribution in [1.29, 1.82) is 5.26 Å². The van der Waals surface area contributed by atoms with Crippen molar-refractivity contribution in [2.75, 3.05) is 18.0 Å². The molecule has 0 aliphatic carbocycles. The molecule has 0 spiro atoms. The minimum Gasteiger partial charge on any atom is -0.367 e. The van der Waals surface area contributed by atoms with Crippen LogP contribution < -0.4 is 10.2 Å². The average Bonchev–Trinajstić information content (AvgIpc) is 3.13. The zero-order valence-corrected chi connectivity index (χ0v) is 14.8. The van der Waals surface area contributed by atoms with E-state index in [1.54, 1.807) is 6.92 Å². The van der Waals surface area contributed by atoms with E-state index in [9.17, 15) is 10.1 Å². The van der Waals surface area contributed by atoms with Gasteiger partial charge in [-0.05, 0) is 26.3 Å². The van der Waals surface area contributed by atoms with E-state index in [0.29, 0.717) is 42.5 Å². The van der Waals surface area contributed by atoms with Gasteiger partial charge in [0.15, 0.2) is 5.82 Å². The number of carbonyl (C=O) groups is 1. The summed E-state index contributed by atoms with van der Waals surface area (Å²) >= 11 is 0. The third kappa shape index (κ3) is 3.05. The molecule has 0 saturated carbocycles. The van der Waals surface area contributed by atoms with Crippen LogP contribution in [0.5, 0.6) is 0 Å². The number of amides is 1. The van der Waals surface area contributed by atoms with Crippen molar-refractivity contribution in [1.82, 2.24) is 20.4 Å². The van der Waals surface area contributed by atoms with E-state index in [2.05, 4.69) is 31.4 Å². The Labute approximate surface area is 145 Å². The Morgan fingerprint density at radius 2 is 2.16 bits per heavy atom. The quantitative estimate of drug-likeness (QED) is 0.902. The SMILES string of the molecule is CC(=O)N[C@@]1(c2noc(C)n2)CCN(c2cc(C)nc(C)c2C#N)C1. The number of hydrogen-bond donors (Lipinski definition) is 1. The number of nitriles is 1. The smallest absolute Gasteiger partial charge is 0.223 e. The zero-order chi connectivity index (χ0) is 18.2. The van der Waals surface area contributed by atoms with Crippen LogP contribution in [0.25, 0.3) is 0 Å². The summed E-state index contributed by atoms with van der Waals surface area (Å²) in [7, 11) is 0. The van der Waals surface area contributed by atoms with Gasteiger partial charge in [0, 0.05) is 32.6 Å². The zero-order valence-electron chi connectivity index (χ0n) is 14.8. The number of rotatable bonds is 3. The molecule has 1 aliphatic heterocycles. The van der Waals surface area contributed by atoms with Gasteiger partial charge >= 0.3 is 0 Å². The van der Waals surface area contributed by atoms with Gasteiger partial charge in [-0.1, -0.05) is 5.16 Å². The van der Waals surface area contributed by atoms with Gasteiger partial charge in [0.25, 0.3) is 0 Å². The van der Waals surface area contributed by atoms with Crippen molar-refractivity contribution in [2.24, 2.45) is 0 Å². The highest BCUT2D eigenvalue weighted by molar-refractivity contribution is 5.74. The first-order valence-corrected chi connectivity index (χ1v) is 8.07. The summed E-state index contributed by atoms with van der Waals surface area (Å²) in [6, 6.07) is 4.14. The van der Waals surface area contributed by atoms with Crippen LogP contribution in [-0.4, -0.2) is 34.1 Å². The number of nitrogens with one attached hydrogen (secondary N) is 1. The predicted molar refractivity (Wildman–Crippen MR) is 89.8 cm³/mol. The molecule has 8 nitrogen and oxygen atoms in total. The number of pyridine rings is 1. The summed E-state index contributed by atoms with van der Waals surface area (Å²) in [6.07, 6.45) is 0.622. The van der Waals surface area contributed by atoms with Crippen LogP contribution in [0.15, 0.2) is 10.6 Å². The van der Waals surface area contributed by atoms with Crippen LogP contribution in [0, 0.1) is 32.1 Å². The third-order valence-corrected chi connectivity index (χ3v) is 4.40. The molecule has 3 heterocycles. The Hall–Kier alpha value is -2.95. The molecule has 1 aliphatic rings. The van der Waals surface area contributed by atoms with Crippen LogP contribution in [-0.2, 0) is 10.3 Å². The molecule has 1 atom stereocenters. The topological polar surface area (TPSA) is 108 Å². The Bertz CT molecular complexity index is 869. The monoisotopic (exact) mass is 340 g/mol. The molecule has 1 N–H and O–H groups in total. The first-order chi connectivity index (χ1) is 11.8. The second kappa shape index (κ2) is 6.16. The standard InChI is InChI=1S/C17H20N6O2/c1-10-7-15(14(8-18)11(2)19-10)23-6-5-17(9-23,21-12(3)24)16-20-13(4)25-22-16/h7H,5-6,9H2,1-4H3,(H,21,24)/t17-/m0/s1. The largest absolute Gasteiger partial charge is 0.367 e. The number of anilines is 1.